The van der Waals surface area contributed by atoms with Gasteiger partial charge in [0.15, 0.2) is 17.4 Å². The maximum Gasteiger partial charge on any atom is 0.490 e. The third-order valence-electron chi connectivity index (χ3n) is 4.01. The highest BCUT2D eigenvalue weighted by Crippen LogP contribution is 2.66. The van der Waals surface area contributed by atoms with E-state index in [1.807, 2.05) is 0 Å². The lowest BCUT2D eigenvalue weighted by Crippen LogP contribution is -2.33. The summed E-state index contributed by atoms with van der Waals surface area (Å²) in [4.78, 5) is 57.4. The number of rotatable bonds is 8. The first-order chi connectivity index (χ1) is 15.0. The predicted octanol–water partition coefficient (Wildman–Crippen LogP) is -2.75. The number of aromatic amines is 1. The number of phosphoric acid groups is 3. The van der Waals surface area contributed by atoms with Crippen LogP contribution in [0.4, 0.5) is 11.9 Å². The minimum absolute atomic E-state index is 0.224. The van der Waals surface area contributed by atoms with Crippen LogP contribution in [0.2, 0.25) is 0 Å². The van der Waals surface area contributed by atoms with Gasteiger partial charge in [-0.2, -0.15) is 13.6 Å². The van der Waals surface area contributed by atoms with Crippen LogP contribution in [-0.2, 0) is 31.6 Å². The van der Waals surface area contributed by atoms with Crippen molar-refractivity contribution in [3.05, 3.63) is 10.4 Å². The van der Waals surface area contributed by atoms with Crippen LogP contribution in [0.5, 0.6) is 0 Å². The summed E-state index contributed by atoms with van der Waals surface area (Å²) in [7, 11) is -16.9. The smallest absolute Gasteiger partial charge is 0.387 e. The number of nitrogens with zero attached hydrogens (tertiary/aromatic N) is 3. The van der Waals surface area contributed by atoms with Crippen molar-refractivity contribution >= 4 is 46.5 Å². The molecule has 2 aromatic rings. The Hall–Kier alpha value is -1.76. The molecule has 0 amide bonds. The molecule has 23 heteroatoms. The Kier molecular flexibility index (Phi) is 6.89. The Labute approximate surface area is 181 Å². The van der Waals surface area contributed by atoms with Crippen molar-refractivity contribution in [3.8, 4) is 0 Å². The second-order valence-electron chi connectivity index (χ2n) is 6.40. The number of aromatic nitrogens is 4. The molecule has 1 saturated heterocycles. The number of imidazole rings is 1. The number of nitrogen functional groups attached to an aromatic ring is 2. The first-order valence-corrected chi connectivity index (χ1v) is 12.8. The highest BCUT2D eigenvalue weighted by Gasteiger charge is 2.47. The number of aliphatic hydroxyl groups is 2. The monoisotopic (exact) mass is 538 g/mol. The van der Waals surface area contributed by atoms with Crippen molar-refractivity contribution < 1.29 is 61.4 Å². The molecule has 0 radical (unpaired) electrons. The highest BCUT2D eigenvalue weighted by atomic mass is 31.3. The van der Waals surface area contributed by atoms with Gasteiger partial charge in [-0.25, -0.2) is 18.7 Å². The van der Waals surface area contributed by atoms with Crippen LogP contribution in [0.1, 0.15) is 6.23 Å². The maximum atomic E-state index is 11.9. The standard InChI is InChI=1S/C10H17N6O14P3/c11-9-14-6-3(7(19)15-9)13-10(12)16(6)8-5(18)4(17)2(28-8)1-27-32(23,24)30-33(25,26)29-31(20,21)22/h2,4-5,8,17-18H,1H2,(H2,12,13)(H,23,24)(H,25,26)(H2,20,21,22)(H3,11,14,15,19). The van der Waals surface area contributed by atoms with Gasteiger partial charge in [0.05, 0.1) is 6.61 Å². The van der Waals surface area contributed by atoms with Crippen molar-refractivity contribution in [2.24, 2.45) is 0 Å². The zero-order chi connectivity index (χ0) is 24.9. The van der Waals surface area contributed by atoms with Crippen LogP contribution < -0.4 is 17.0 Å². The Morgan fingerprint density at radius 1 is 1.03 bits per heavy atom. The van der Waals surface area contributed by atoms with Crippen LogP contribution in [-0.4, -0.2) is 74.2 Å². The molecular formula is C10H17N6O14P3. The molecule has 6 atom stereocenters. The Balaban J connectivity index is 1.77. The van der Waals surface area contributed by atoms with Crippen LogP contribution in [0.15, 0.2) is 4.79 Å². The second kappa shape index (κ2) is 8.79. The summed E-state index contributed by atoms with van der Waals surface area (Å²) in [5.41, 5.74) is 9.96. The van der Waals surface area contributed by atoms with E-state index in [9.17, 15) is 33.6 Å². The van der Waals surface area contributed by atoms with Gasteiger partial charge in [-0.3, -0.25) is 18.9 Å². The number of aliphatic hydroxyl groups excluding tert-OH is 2. The third kappa shape index (κ3) is 5.84. The van der Waals surface area contributed by atoms with Crippen LogP contribution in [0, 0.1) is 0 Å². The van der Waals surface area contributed by atoms with Gasteiger partial charge in [-0.15, -0.1) is 0 Å². The Morgan fingerprint density at radius 3 is 2.27 bits per heavy atom. The number of nitrogens with one attached hydrogen (secondary N) is 1. The maximum absolute atomic E-state index is 11.9. The number of anilines is 2. The van der Waals surface area contributed by atoms with Gasteiger partial charge in [0.2, 0.25) is 11.9 Å². The predicted molar refractivity (Wildman–Crippen MR) is 103 cm³/mol. The van der Waals surface area contributed by atoms with Gasteiger partial charge in [0.1, 0.15) is 18.3 Å². The van der Waals surface area contributed by atoms with E-state index in [4.69, 9.17) is 30.9 Å². The number of H-pyrrole nitrogens is 1. The first kappa shape index (κ1) is 25.9. The van der Waals surface area contributed by atoms with Crippen molar-refractivity contribution in [2.45, 2.75) is 24.5 Å². The van der Waals surface area contributed by atoms with E-state index in [0.717, 1.165) is 4.57 Å². The minimum Gasteiger partial charge on any atom is -0.387 e. The molecule has 1 fully saturated rings. The number of fused-ring (bicyclic) bond motifs is 1. The molecule has 0 aliphatic carbocycles. The molecule has 11 N–H and O–H groups in total. The van der Waals surface area contributed by atoms with E-state index in [-0.39, 0.29) is 23.1 Å². The molecule has 186 valence electrons. The van der Waals surface area contributed by atoms with Crippen molar-refractivity contribution in [1.82, 2.24) is 19.5 Å². The number of nitrogens with two attached hydrogens (primary N) is 2. The molecule has 1 aliphatic rings. The van der Waals surface area contributed by atoms with Gasteiger partial charge in [-0.1, -0.05) is 0 Å². The fourth-order valence-corrected chi connectivity index (χ4v) is 5.85. The quantitative estimate of drug-likeness (QED) is 0.154. The zero-order valence-electron chi connectivity index (χ0n) is 15.8. The van der Waals surface area contributed by atoms with Crippen molar-refractivity contribution in [1.29, 1.82) is 0 Å². The molecule has 3 rings (SSSR count). The summed E-state index contributed by atoms with van der Waals surface area (Å²) in [5.74, 6) is -0.704. The molecule has 6 unspecified atom stereocenters. The SMILES string of the molecule is Nc1nc2c(nc(N)n2C2OC(COP(=O)(O)OP(=O)(O)OP(=O)(O)O)C(O)C2O)c(=O)[nH]1. The van der Waals surface area contributed by atoms with Crippen molar-refractivity contribution in [3.63, 3.8) is 0 Å². The van der Waals surface area contributed by atoms with E-state index >= 15 is 0 Å². The van der Waals surface area contributed by atoms with Gasteiger partial charge in [0, 0.05) is 0 Å². The number of phosphoric ester groups is 1. The lowest BCUT2D eigenvalue weighted by molar-refractivity contribution is -0.0492. The Bertz CT molecular complexity index is 1260. The van der Waals surface area contributed by atoms with Crippen LogP contribution >= 0.6 is 23.5 Å². The summed E-state index contributed by atoms with van der Waals surface area (Å²) >= 11 is 0. The topological polar surface area (TPSA) is 325 Å². The molecule has 0 aromatic carbocycles. The van der Waals surface area contributed by atoms with Crippen LogP contribution in [0.3, 0.4) is 0 Å². The van der Waals surface area contributed by atoms with E-state index in [2.05, 4.69) is 28.1 Å². The minimum atomic E-state index is -5.75. The molecule has 0 spiro atoms. The van der Waals surface area contributed by atoms with Gasteiger partial charge in [-0.05, 0) is 0 Å². The third-order valence-corrected chi connectivity index (χ3v) is 7.81. The molecule has 3 heterocycles. The van der Waals surface area contributed by atoms with Crippen molar-refractivity contribution in [2.75, 3.05) is 18.1 Å². The normalized spacial score (nSPS) is 27.5. The average molecular weight is 538 g/mol. The molecule has 0 saturated carbocycles. The number of ether oxygens (including phenoxy) is 1. The van der Waals surface area contributed by atoms with E-state index in [0.29, 0.717) is 0 Å². The summed E-state index contributed by atoms with van der Waals surface area (Å²) in [6, 6.07) is 0. The van der Waals surface area contributed by atoms with E-state index in [1.165, 1.54) is 0 Å². The van der Waals surface area contributed by atoms with Gasteiger partial charge >= 0.3 is 23.5 Å². The summed E-state index contributed by atoms with van der Waals surface area (Å²) in [6.07, 6.45) is -6.72. The molecule has 20 nitrogen and oxygen atoms in total. The van der Waals surface area contributed by atoms with E-state index in [1.54, 1.807) is 0 Å². The Morgan fingerprint density at radius 2 is 1.67 bits per heavy atom. The fraction of sp³-hybridized carbons (Fsp3) is 0.500. The van der Waals surface area contributed by atoms with Crippen LogP contribution in [0.25, 0.3) is 11.2 Å². The van der Waals surface area contributed by atoms with Gasteiger partial charge < -0.3 is 46.0 Å². The van der Waals surface area contributed by atoms with E-state index < -0.39 is 60.2 Å². The summed E-state index contributed by atoms with van der Waals surface area (Å²) < 4.78 is 51.6. The molecular weight excluding hydrogens is 521 g/mol. The number of hydrogen-bond donors (Lipinski definition) is 9. The zero-order valence-corrected chi connectivity index (χ0v) is 18.5. The largest absolute Gasteiger partial charge is 0.490 e. The number of hydrogen-bond acceptors (Lipinski definition) is 14. The lowest BCUT2D eigenvalue weighted by Gasteiger charge is -2.19. The molecule has 1 aliphatic heterocycles. The average Bonchev–Trinajstić information content (AvgIpc) is 3.07. The summed E-state index contributed by atoms with van der Waals surface area (Å²) in [5, 5.41) is 20.5. The second-order valence-corrected chi connectivity index (χ2v) is 10.8. The fourth-order valence-electron chi connectivity index (χ4n) is 2.82. The lowest BCUT2D eigenvalue weighted by atomic mass is 10.1. The van der Waals surface area contributed by atoms with Gasteiger partial charge in [0.25, 0.3) is 5.56 Å². The highest BCUT2D eigenvalue weighted by molar-refractivity contribution is 7.66. The molecule has 0 bridgehead atoms. The first-order valence-electron chi connectivity index (χ1n) is 8.33. The molecule has 2 aromatic heterocycles. The molecule has 33 heavy (non-hydrogen) atoms. The summed E-state index contributed by atoms with van der Waals surface area (Å²) in [6.45, 7) is -1.05.